The summed E-state index contributed by atoms with van der Waals surface area (Å²) in [5.74, 6) is 0. The molecular weight excluding hydrogens is 334 g/mol. The molecule has 0 spiro atoms. The molecule has 2 heteroatoms. The van der Waals surface area contributed by atoms with E-state index < -0.39 is 0 Å². The van der Waals surface area contributed by atoms with Crippen LogP contribution in [0.5, 0.6) is 0 Å². The monoisotopic (exact) mass is 351 g/mol. The summed E-state index contributed by atoms with van der Waals surface area (Å²) in [4.78, 5) is 0. The van der Waals surface area contributed by atoms with Crippen LogP contribution in [0.3, 0.4) is 0 Å². The molecule has 0 unspecified atom stereocenters. The molecule has 3 rings (SSSR count). The molecule has 0 fully saturated rings. The summed E-state index contributed by atoms with van der Waals surface area (Å²) in [6, 6.07) is 23.2. The van der Waals surface area contributed by atoms with Crippen molar-refractivity contribution in [3.63, 3.8) is 0 Å². The SMILES string of the molecule is Cc1ccc(Cc2ccccc2-c2cc(Br)ccc2N)cc1. The van der Waals surface area contributed by atoms with Crippen molar-refractivity contribution in [2.24, 2.45) is 0 Å². The van der Waals surface area contributed by atoms with Crippen LogP contribution in [0.2, 0.25) is 0 Å². The zero-order valence-electron chi connectivity index (χ0n) is 12.5. The minimum absolute atomic E-state index is 0.805. The quantitative estimate of drug-likeness (QED) is 0.610. The number of hydrogen-bond acceptors (Lipinski definition) is 1. The lowest BCUT2D eigenvalue weighted by molar-refractivity contribution is 1.19. The van der Waals surface area contributed by atoms with E-state index in [0.29, 0.717) is 0 Å². The molecule has 0 amide bonds. The van der Waals surface area contributed by atoms with E-state index in [1.807, 2.05) is 12.1 Å². The second-order valence-corrected chi connectivity index (χ2v) is 6.47. The minimum atomic E-state index is 0.805. The number of halogens is 1. The second kappa shape index (κ2) is 6.37. The van der Waals surface area contributed by atoms with Crippen LogP contribution in [-0.4, -0.2) is 0 Å². The maximum atomic E-state index is 6.18. The van der Waals surface area contributed by atoms with E-state index in [1.165, 1.54) is 22.3 Å². The molecule has 0 aliphatic rings. The average Bonchev–Trinajstić information content (AvgIpc) is 2.53. The molecule has 0 bridgehead atoms. The molecule has 3 aromatic rings. The zero-order valence-corrected chi connectivity index (χ0v) is 14.1. The molecule has 0 atom stereocenters. The average molecular weight is 352 g/mol. The van der Waals surface area contributed by atoms with Crippen LogP contribution in [-0.2, 0) is 6.42 Å². The molecule has 3 aromatic carbocycles. The third kappa shape index (κ3) is 3.23. The smallest absolute Gasteiger partial charge is 0.0394 e. The third-order valence-electron chi connectivity index (χ3n) is 3.84. The zero-order chi connectivity index (χ0) is 15.5. The molecule has 0 heterocycles. The number of nitrogens with two attached hydrogens (primary N) is 1. The molecule has 0 aliphatic carbocycles. The Morgan fingerprint density at radius 3 is 2.36 bits per heavy atom. The lowest BCUT2D eigenvalue weighted by atomic mass is 9.94. The van der Waals surface area contributed by atoms with Gasteiger partial charge in [-0.1, -0.05) is 70.0 Å². The van der Waals surface area contributed by atoms with Crippen LogP contribution < -0.4 is 5.73 Å². The highest BCUT2D eigenvalue weighted by atomic mass is 79.9. The Balaban J connectivity index is 2.03. The second-order valence-electron chi connectivity index (χ2n) is 5.55. The molecule has 110 valence electrons. The Bertz CT molecular complexity index is 791. The summed E-state index contributed by atoms with van der Waals surface area (Å²) in [6.07, 6.45) is 0.905. The summed E-state index contributed by atoms with van der Waals surface area (Å²) in [5.41, 5.74) is 13.1. The first-order valence-electron chi connectivity index (χ1n) is 7.32. The van der Waals surface area contributed by atoms with Crippen molar-refractivity contribution in [1.29, 1.82) is 0 Å². The fourth-order valence-corrected chi connectivity index (χ4v) is 2.99. The Morgan fingerprint density at radius 2 is 1.59 bits per heavy atom. The summed E-state index contributed by atoms with van der Waals surface area (Å²) in [5, 5.41) is 0. The Labute approximate surface area is 139 Å². The van der Waals surface area contributed by atoms with Gasteiger partial charge in [0.1, 0.15) is 0 Å². The number of nitrogen functional groups attached to an aromatic ring is 1. The van der Waals surface area contributed by atoms with Crippen molar-refractivity contribution in [1.82, 2.24) is 0 Å². The van der Waals surface area contributed by atoms with Crippen LogP contribution in [0.15, 0.2) is 71.2 Å². The topological polar surface area (TPSA) is 26.0 Å². The Hall–Kier alpha value is -2.06. The predicted octanol–water partition coefficient (Wildman–Crippen LogP) is 5.60. The first-order valence-corrected chi connectivity index (χ1v) is 8.11. The normalized spacial score (nSPS) is 10.6. The van der Waals surface area contributed by atoms with Gasteiger partial charge in [-0.05, 0) is 48.2 Å². The van der Waals surface area contributed by atoms with Gasteiger partial charge in [0.05, 0.1) is 0 Å². The minimum Gasteiger partial charge on any atom is -0.398 e. The van der Waals surface area contributed by atoms with Crippen molar-refractivity contribution in [2.75, 3.05) is 5.73 Å². The molecular formula is C20H18BrN. The first-order chi connectivity index (χ1) is 10.6. The van der Waals surface area contributed by atoms with Gasteiger partial charge in [0, 0.05) is 15.7 Å². The molecule has 2 N–H and O–H groups in total. The Kier molecular flexibility index (Phi) is 4.30. The summed E-state index contributed by atoms with van der Waals surface area (Å²) < 4.78 is 1.04. The van der Waals surface area contributed by atoms with Crippen LogP contribution >= 0.6 is 15.9 Å². The molecule has 0 aromatic heterocycles. The van der Waals surface area contributed by atoms with Crippen LogP contribution in [0.1, 0.15) is 16.7 Å². The highest BCUT2D eigenvalue weighted by Gasteiger charge is 2.09. The molecule has 0 saturated carbocycles. The molecule has 0 radical (unpaired) electrons. The van der Waals surface area contributed by atoms with Gasteiger partial charge in [0.2, 0.25) is 0 Å². The van der Waals surface area contributed by atoms with E-state index in [2.05, 4.69) is 77.5 Å². The van der Waals surface area contributed by atoms with Crippen molar-refractivity contribution in [2.45, 2.75) is 13.3 Å². The van der Waals surface area contributed by atoms with E-state index in [0.717, 1.165) is 22.1 Å². The molecule has 0 saturated heterocycles. The highest BCUT2D eigenvalue weighted by Crippen LogP contribution is 2.32. The standard InChI is InChI=1S/C20H18BrN/c1-14-6-8-15(9-7-14)12-16-4-2-3-5-18(16)19-13-17(21)10-11-20(19)22/h2-11,13H,12,22H2,1H3. The van der Waals surface area contributed by atoms with Crippen molar-refractivity contribution < 1.29 is 0 Å². The fraction of sp³-hybridized carbons (Fsp3) is 0.100. The van der Waals surface area contributed by atoms with Gasteiger partial charge in [0.25, 0.3) is 0 Å². The molecule has 1 nitrogen and oxygen atoms in total. The van der Waals surface area contributed by atoms with Gasteiger partial charge in [-0.15, -0.1) is 0 Å². The molecule has 0 aliphatic heterocycles. The largest absolute Gasteiger partial charge is 0.398 e. The van der Waals surface area contributed by atoms with Gasteiger partial charge in [-0.2, -0.15) is 0 Å². The van der Waals surface area contributed by atoms with Gasteiger partial charge in [-0.25, -0.2) is 0 Å². The van der Waals surface area contributed by atoms with Gasteiger partial charge < -0.3 is 5.73 Å². The number of aryl methyl sites for hydroxylation is 1. The fourth-order valence-electron chi connectivity index (χ4n) is 2.62. The van der Waals surface area contributed by atoms with Crippen molar-refractivity contribution >= 4 is 21.6 Å². The predicted molar refractivity (Wildman–Crippen MR) is 98.0 cm³/mol. The maximum Gasteiger partial charge on any atom is 0.0394 e. The van der Waals surface area contributed by atoms with Crippen molar-refractivity contribution in [3.05, 3.63) is 87.9 Å². The highest BCUT2D eigenvalue weighted by molar-refractivity contribution is 9.10. The van der Waals surface area contributed by atoms with E-state index in [4.69, 9.17) is 5.73 Å². The van der Waals surface area contributed by atoms with Crippen LogP contribution in [0.4, 0.5) is 5.69 Å². The van der Waals surface area contributed by atoms with Gasteiger partial charge in [0.15, 0.2) is 0 Å². The number of hydrogen-bond donors (Lipinski definition) is 1. The number of benzene rings is 3. The van der Waals surface area contributed by atoms with Crippen LogP contribution in [0.25, 0.3) is 11.1 Å². The van der Waals surface area contributed by atoms with Crippen LogP contribution in [0, 0.1) is 6.92 Å². The number of rotatable bonds is 3. The summed E-state index contributed by atoms with van der Waals surface area (Å²) in [6.45, 7) is 2.11. The lowest BCUT2D eigenvalue weighted by Crippen LogP contribution is -1.96. The van der Waals surface area contributed by atoms with Gasteiger partial charge in [-0.3, -0.25) is 0 Å². The van der Waals surface area contributed by atoms with E-state index in [9.17, 15) is 0 Å². The number of anilines is 1. The van der Waals surface area contributed by atoms with E-state index in [-0.39, 0.29) is 0 Å². The van der Waals surface area contributed by atoms with E-state index in [1.54, 1.807) is 0 Å². The summed E-state index contributed by atoms with van der Waals surface area (Å²) >= 11 is 3.54. The van der Waals surface area contributed by atoms with E-state index >= 15 is 0 Å². The van der Waals surface area contributed by atoms with Crippen molar-refractivity contribution in [3.8, 4) is 11.1 Å². The molecule has 22 heavy (non-hydrogen) atoms. The van der Waals surface area contributed by atoms with Gasteiger partial charge >= 0.3 is 0 Å². The third-order valence-corrected chi connectivity index (χ3v) is 4.33. The Morgan fingerprint density at radius 1 is 0.864 bits per heavy atom. The summed E-state index contributed by atoms with van der Waals surface area (Å²) in [7, 11) is 0. The maximum absolute atomic E-state index is 6.18. The lowest BCUT2D eigenvalue weighted by Gasteiger charge is -2.13. The first kappa shape index (κ1) is 14.9.